The zero-order valence-electron chi connectivity index (χ0n) is 6.23. The number of hydrogen-bond acceptors (Lipinski definition) is 5. The van der Waals surface area contributed by atoms with E-state index in [1.165, 1.54) is 0 Å². The number of aldehydes is 1. The van der Waals surface area contributed by atoms with Crippen molar-refractivity contribution in [2.45, 2.75) is 0 Å². The van der Waals surface area contributed by atoms with Crippen molar-refractivity contribution in [1.29, 1.82) is 0 Å². The Bertz CT molecular complexity index is 434. The lowest BCUT2D eigenvalue weighted by molar-refractivity contribution is 0.108. The minimum Gasteiger partial charge on any atom is -0.441 e. The van der Waals surface area contributed by atoms with Crippen molar-refractivity contribution in [1.82, 2.24) is 10.1 Å². The molecular weight excluding hydrogens is 196 g/mol. The molecule has 0 unspecified atom stereocenters. The van der Waals surface area contributed by atoms with Crippen LogP contribution < -0.4 is 0 Å². The first kappa shape index (κ1) is 8.00. The van der Waals surface area contributed by atoms with Gasteiger partial charge < -0.3 is 8.94 Å². The SMILES string of the molecule is O=Cc1nc(-c2ccc(Cl)o2)no1. The summed E-state index contributed by atoms with van der Waals surface area (Å²) in [6.45, 7) is 0. The summed E-state index contributed by atoms with van der Waals surface area (Å²) in [6.07, 6.45) is 0.459. The van der Waals surface area contributed by atoms with E-state index < -0.39 is 0 Å². The van der Waals surface area contributed by atoms with E-state index in [2.05, 4.69) is 14.7 Å². The Morgan fingerprint density at radius 1 is 1.46 bits per heavy atom. The Morgan fingerprint density at radius 3 is 2.85 bits per heavy atom. The Labute approximate surface area is 77.3 Å². The fourth-order valence-corrected chi connectivity index (χ4v) is 0.964. The van der Waals surface area contributed by atoms with Gasteiger partial charge in [-0.3, -0.25) is 4.79 Å². The summed E-state index contributed by atoms with van der Waals surface area (Å²) in [5.41, 5.74) is 0. The molecule has 0 saturated carbocycles. The van der Waals surface area contributed by atoms with Gasteiger partial charge in [-0.2, -0.15) is 4.98 Å². The van der Waals surface area contributed by atoms with Gasteiger partial charge >= 0.3 is 0 Å². The first-order valence-corrected chi connectivity index (χ1v) is 3.72. The molecule has 13 heavy (non-hydrogen) atoms. The van der Waals surface area contributed by atoms with Crippen LogP contribution in [0.1, 0.15) is 10.7 Å². The van der Waals surface area contributed by atoms with E-state index in [-0.39, 0.29) is 16.9 Å². The second-order valence-electron chi connectivity index (χ2n) is 2.18. The van der Waals surface area contributed by atoms with E-state index in [0.717, 1.165) is 0 Å². The van der Waals surface area contributed by atoms with Gasteiger partial charge in [0.25, 0.3) is 5.89 Å². The molecule has 2 aromatic rings. The van der Waals surface area contributed by atoms with E-state index in [4.69, 9.17) is 16.0 Å². The highest BCUT2D eigenvalue weighted by Gasteiger charge is 2.10. The van der Waals surface area contributed by atoms with Crippen molar-refractivity contribution >= 4 is 17.9 Å². The summed E-state index contributed by atoms with van der Waals surface area (Å²) in [6, 6.07) is 3.13. The largest absolute Gasteiger partial charge is 0.441 e. The lowest BCUT2D eigenvalue weighted by Gasteiger charge is -1.82. The molecule has 0 radical (unpaired) electrons. The van der Waals surface area contributed by atoms with Crippen molar-refractivity contribution in [2.24, 2.45) is 0 Å². The molecule has 66 valence electrons. The molecule has 0 aliphatic heterocycles. The Balaban J connectivity index is 2.40. The van der Waals surface area contributed by atoms with E-state index in [1.807, 2.05) is 0 Å². The lowest BCUT2D eigenvalue weighted by Crippen LogP contribution is -1.78. The molecule has 0 N–H and O–H groups in total. The van der Waals surface area contributed by atoms with Crippen LogP contribution in [0.25, 0.3) is 11.6 Å². The maximum Gasteiger partial charge on any atom is 0.291 e. The van der Waals surface area contributed by atoms with Gasteiger partial charge in [0, 0.05) is 0 Å². The standard InChI is InChI=1S/C7H3ClN2O3/c8-5-2-1-4(12-5)7-9-6(3-11)13-10-7/h1-3H. The van der Waals surface area contributed by atoms with Crippen LogP contribution in [0.3, 0.4) is 0 Å². The molecule has 6 heteroatoms. The van der Waals surface area contributed by atoms with Crippen LogP contribution in [-0.4, -0.2) is 16.4 Å². The van der Waals surface area contributed by atoms with Crippen LogP contribution in [0.4, 0.5) is 0 Å². The molecule has 0 bridgehead atoms. The number of aromatic nitrogens is 2. The molecular formula is C7H3ClN2O3. The Kier molecular flexibility index (Phi) is 1.86. The molecule has 2 heterocycles. The van der Waals surface area contributed by atoms with E-state index in [9.17, 15) is 4.79 Å². The van der Waals surface area contributed by atoms with Gasteiger partial charge in [-0.25, -0.2) is 0 Å². The molecule has 0 aromatic carbocycles. The number of carbonyl (C=O) groups is 1. The zero-order chi connectivity index (χ0) is 9.26. The Hall–Kier alpha value is -1.62. The predicted octanol–water partition coefficient (Wildman–Crippen LogP) is 1.80. The zero-order valence-corrected chi connectivity index (χ0v) is 6.99. The van der Waals surface area contributed by atoms with Crippen LogP contribution in [0.15, 0.2) is 21.1 Å². The number of nitrogens with zero attached hydrogens (tertiary/aromatic N) is 2. The van der Waals surface area contributed by atoms with Crippen LogP contribution in [0.2, 0.25) is 5.22 Å². The highest BCUT2D eigenvalue weighted by atomic mass is 35.5. The molecule has 0 saturated heterocycles. The average Bonchev–Trinajstić information content (AvgIpc) is 2.71. The number of carbonyl (C=O) groups excluding carboxylic acids is 1. The van der Waals surface area contributed by atoms with Crippen LogP contribution >= 0.6 is 11.6 Å². The molecule has 0 aliphatic rings. The Morgan fingerprint density at radius 2 is 2.31 bits per heavy atom. The quantitative estimate of drug-likeness (QED) is 0.688. The van der Waals surface area contributed by atoms with Crippen molar-refractivity contribution in [3.63, 3.8) is 0 Å². The second kappa shape index (κ2) is 3.02. The molecule has 2 aromatic heterocycles. The van der Waals surface area contributed by atoms with E-state index >= 15 is 0 Å². The minimum absolute atomic E-state index is 0.0949. The second-order valence-corrected chi connectivity index (χ2v) is 2.55. The fraction of sp³-hybridized carbons (Fsp3) is 0. The average molecular weight is 199 g/mol. The van der Waals surface area contributed by atoms with E-state index in [0.29, 0.717) is 12.0 Å². The van der Waals surface area contributed by atoms with Crippen LogP contribution in [-0.2, 0) is 0 Å². The summed E-state index contributed by atoms with van der Waals surface area (Å²) < 4.78 is 9.54. The minimum atomic E-state index is -0.0949. The van der Waals surface area contributed by atoms with Gasteiger partial charge in [0.1, 0.15) is 0 Å². The third-order valence-corrected chi connectivity index (χ3v) is 1.54. The maximum atomic E-state index is 10.2. The van der Waals surface area contributed by atoms with E-state index in [1.54, 1.807) is 12.1 Å². The van der Waals surface area contributed by atoms with Crippen LogP contribution in [0, 0.1) is 0 Å². The van der Waals surface area contributed by atoms with Gasteiger partial charge in [0.15, 0.2) is 11.0 Å². The topological polar surface area (TPSA) is 69.1 Å². The highest BCUT2D eigenvalue weighted by Crippen LogP contribution is 2.21. The molecule has 5 nitrogen and oxygen atoms in total. The summed E-state index contributed by atoms with van der Waals surface area (Å²) in [7, 11) is 0. The monoisotopic (exact) mass is 198 g/mol. The van der Waals surface area contributed by atoms with Gasteiger partial charge in [0.2, 0.25) is 12.1 Å². The van der Waals surface area contributed by atoms with Gasteiger partial charge in [-0.1, -0.05) is 5.16 Å². The summed E-state index contributed by atoms with van der Waals surface area (Å²) in [5.74, 6) is 0.471. The summed E-state index contributed by atoms with van der Waals surface area (Å²) >= 11 is 5.53. The number of hydrogen-bond donors (Lipinski definition) is 0. The van der Waals surface area contributed by atoms with Gasteiger partial charge in [-0.05, 0) is 23.7 Å². The maximum absolute atomic E-state index is 10.2. The first-order valence-electron chi connectivity index (χ1n) is 3.34. The molecule has 0 spiro atoms. The summed E-state index contributed by atoms with van der Waals surface area (Å²) in [4.78, 5) is 13.9. The lowest BCUT2D eigenvalue weighted by atomic mass is 10.4. The molecule has 2 rings (SSSR count). The van der Waals surface area contributed by atoms with Gasteiger partial charge in [0.05, 0.1) is 0 Å². The van der Waals surface area contributed by atoms with Crippen molar-refractivity contribution in [3.05, 3.63) is 23.2 Å². The molecule has 0 amide bonds. The van der Waals surface area contributed by atoms with Crippen molar-refractivity contribution < 1.29 is 13.7 Å². The number of furan rings is 1. The highest BCUT2D eigenvalue weighted by molar-refractivity contribution is 6.28. The molecule has 0 fully saturated rings. The number of rotatable bonds is 2. The summed E-state index contributed by atoms with van der Waals surface area (Å²) in [5, 5.41) is 3.73. The number of halogens is 1. The van der Waals surface area contributed by atoms with Crippen molar-refractivity contribution in [3.8, 4) is 11.6 Å². The van der Waals surface area contributed by atoms with Crippen molar-refractivity contribution in [2.75, 3.05) is 0 Å². The first-order chi connectivity index (χ1) is 6.29. The third-order valence-electron chi connectivity index (χ3n) is 1.34. The normalized spacial score (nSPS) is 10.2. The fourth-order valence-electron chi connectivity index (χ4n) is 0.818. The molecule has 0 atom stereocenters. The smallest absolute Gasteiger partial charge is 0.291 e. The van der Waals surface area contributed by atoms with Crippen LogP contribution in [0.5, 0.6) is 0 Å². The third kappa shape index (κ3) is 1.46. The molecule has 0 aliphatic carbocycles. The predicted molar refractivity (Wildman–Crippen MR) is 42.4 cm³/mol. The van der Waals surface area contributed by atoms with Gasteiger partial charge in [-0.15, -0.1) is 0 Å².